The Morgan fingerprint density at radius 1 is 0.455 bits per heavy atom. The summed E-state index contributed by atoms with van der Waals surface area (Å²) in [6, 6.07) is 42.7. The highest BCUT2D eigenvalue weighted by atomic mass is 16.3. The number of imidazole rings is 1. The summed E-state index contributed by atoms with van der Waals surface area (Å²) in [6.45, 7) is 15.2. The van der Waals surface area contributed by atoms with Crippen molar-refractivity contribution >= 4 is 11.0 Å². The third-order valence-electron chi connectivity index (χ3n) is 12.7. The number of nitrogens with zero attached hydrogens (tertiary/aromatic N) is 3. The lowest BCUT2D eigenvalue weighted by Crippen LogP contribution is -2.17. The number of aromatic nitrogens is 3. The van der Waals surface area contributed by atoms with Crippen molar-refractivity contribution in [2.24, 2.45) is 0 Å². The van der Waals surface area contributed by atoms with Gasteiger partial charge in [0, 0.05) is 40.8 Å². The second-order valence-electron chi connectivity index (χ2n) is 22.0. The van der Waals surface area contributed by atoms with Gasteiger partial charge < -0.3 is 5.11 Å². The minimum absolute atomic E-state index is 0.0172. The molecule has 8 aromatic rings. The number of fused-ring (bicyclic) bond motifs is 1. The molecule has 2 aromatic heterocycles. The van der Waals surface area contributed by atoms with E-state index in [1.54, 1.807) is 6.07 Å². The molecule has 0 bridgehead atoms. The number of phenols is 1. The Labute approximate surface area is 407 Å². The fourth-order valence-corrected chi connectivity index (χ4v) is 8.67. The SMILES string of the molecule is [2H]C([2H])([2H])C(c1ccc(-n2c(-c3cc(C(C)(C)C)cc(C(C)(C)C)c3O)nc3c(-c4cc(-c5cc(-c6ccc(C(C)(C)C)cc6)ccn5)cc(C(C)(C)C)c4)cccc32)c(-c2ccccc2)c1)(C([2H])([2H])[2H])C([2H])([2H])[2H]. The van der Waals surface area contributed by atoms with E-state index >= 15 is 0 Å². The highest BCUT2D eigenvalue weighted by molar-refractivity contribution is 5.98. The molecule has 0 spiro atoms. The molecule has 0 atom stereocenters. The standard InChI is InChI=1S/C62H69N3O/c1-58(2,3)44-26-24-39(25-27-44)41-30-31-63-52(35-41)43-32-42(33-46(34-43)60(7,8)9)48-22-19-23-54-55(48)64-57(50-37-47(61(10,11)12)38-51(56(50)66)62(13,14)15)65(54)53-29-28-45(59(4,5)6)36-49(53)40-20-17-16-18-21-40/h16-38,66H,1-15H3/i4D3,5D3,6D3. The Kier molecular flexibility index (Phi) is 9.02. The van der Waals surface area contributed by atoms with Gasteiger partial charge in [-0.3, -0.25) is 9.55 Å². The molecule has 8 rings (SSSR count). The van der Waals surface area contributed by atoms with Crippen molar-refractivity contribution < 1.29 is 17.4 Å². The first-order valence-corrected chi connectivity index (χ1v) is 22.9. The minimum atomic E-state index is -3.49. The van der Waals surface area contributed by atoms with Gasteiger partial charge in [-0.2, -0.15) is 0 Å². The van der Waals surface area contributed by atoms with Crippen LogP contribution < -0.4 is 0 Å². The summed E-state index contributed by atoms with van der Waals surface area (Å²) in [4.78, 5) is 10.5. The van der Waals surface area contributed by atoms with Gasteiger partial charge in [0.25, 0.3) is 0 Å². The number of aromatic hydroxyl groups is 1. The zero-order chi connectivity index (χ0) is 55.2. The van der Waals surface area contributed by atoms with E-state index in [9.17, 15) is 5.11 Å². The molecular formula is C62H69N3O. The summed E-state index contributed by atoms with van der Waals surface area (Å²) in [7, 11) is 0. The van der Waals surface area contributed by atoms with Crippen molar-refractivity contribution in [1.29, 1.82) is 0 Å². The summed E-state index contributed by atoms with van der Waals surface area (Å²) in [6.07, 6.45) is 1.85. The lowest BCUT2D eigenvalue weighted by Gasteiger charge is -2.28. The molecule has 66 heavy (non-hydrogen) atoms. The molecule has 338 valence electrons. The van der Waals surface area contributed by atoms with E-state index in [2.05, 4.69) is 111 Å². The van der Waals surface area contributed by atoms with Crippen molar-refractivity contribution in [2.45, 2.75) is 131 Å². The molecule has 6 aromatic carbocycles. The topological polar surface area (TPSA) is 50.9 Å². The van der Waals surface area contributed by atoms with Crippen LogP contribution in [-0.2, 0) is 27.1 Å². The average molecular weight is 881 g/mol. The highest BCUT2D eigenvalue weighted by Gasteiger charge is 2.30. The largest absolute Gasteiger partial charge is 0.507 e. The predicted molar refractivity (Wildman–Crippen MR) is 281 cm³/mol. The molecule has 0 aliphatic carbocycles. The first-order chi connectivity index (χ1) is 34.5. The molecule has 1 N–H and O–H groups in total. The molecule has 0 fully saturated rings. The molecule has 0 aliphatic rings. The molecule has 4 nitrogen and oxygen atoms in total. The predicted octanol–water partition coefficient (Wildman–Crippen LogP) is 16.9. The molecule has 2 heterocycles. The number of hydrogen-bond donors (Lipinski definition) is 1. The molecule has 0 saturated heterocycles. The summed E-state index contributed by atoms with van der Waals surface area (Å²) in [5.74, 6) is 0.401. The van der Waals surface area contributed by atoms with Crippen LogP contribution in [0.15, 0.2) is 140 Å². The number of pyridine rings is 1. The van der Waals surface area contributed by atoms with Crippen LogP contribution in [0.1, 0.15) is 144 Å². The molecule has 0 saturated carbocycles. The van der Waals surface area contributed by atoms with E-state index in [-0.39, 0.29) is 27.6 Å². The van der Waals surface area contributed by atoms with E-state index < -0.39 is 31.4 Å². The van der Waals surface area contributed by atoms with Gasteiger partial charge in [0.05, 0.1) is 28.0 Å². The molecule has 4 heteroatoms. The lowest BCUT2D eigenvalue weighted by molar-refractivity contribution is 0.446. The zero-order valence-corrected chi connectivity index (χ0v) is 40.6. The summed E-state index contributed by atoms with van der Waals surface area (Å²) in [5, 5.41) is 12.7. The maximum absolute atomic E-state index is 12.7. The third kappa shape index (κ3) is 9.12. The normalized spacial score (nSPS) is 15.4. The van der Waals surface area contributed by atoms with Gasteiger partial charge in [-0.05, 0) is 120 Å². The first kappa shape index (κ1) is 35.9. The number of rotatable bonds is 6. The Morgan fingerprint density at radius 3 is 1.71 bits per heavy atom. The highest BCUT2D eigenvalue weighted by Crippen LogP contribution is 2.46. The van der Waals surface area contributed by atoms with E-state index in [1.807, 2.05) is 98.3 Å². The fraction of sp³-hybridized carbons (Fsp3) is 0.323. The van der Waals surface area contributed by atoms with Crippen LogP contribution in [-0.4, -0.2) is 19.6 Å². The van der Waals surface area contributed by atoms with Crippen LogP contribution in [0.3, 0.4) is 0 Å². The van der Waals surface area contributed by atoms with Gasteiger partial charge in [-0.1, -0.05) is 189 Å². The van der Waals surface area contributed by atoms with Crippen molar-refractivity contribution in [1.82, 2.24) is 14.5 Å². The van der Waals surface area contributed by atoms with Crippen LogP contribution >= 0.6 is 0 Å². The molecule has 0 unspecified atom stereocenters. The van der Waals surface area contributed by atoms with Crippen molar-refractivity contribution in [3.63, 3.8) is 0 Å². The van der Waals surface area contributed by atoms with Gasteiger partial charge in [0.1, 0.15) is 11.6 Å². The van der Waals surface area contributed by atoms with Crippen molar-refractivity contribution in [3.05, 3.63) is 167 Å². The van der Waals surface area contributed by atoms with Gasteiger partial charge >= 0.3 is 0 Å². The lowest BCUT2D eigenvalue weighted by atomic mass is 9.79. The van der Waals surface area contributed by atoms with Crippen LogP contribution in [0, 0.1) is 0 Å². The van der Waals surface area contributed by atoms with Crippen LogP contribution in [0.25, 0.3) is 72.7 Å². The van der Waals surface area contributed by atoms with Gasteiger partial charge in [0.15, 0.2) is 0 Å². The summed E-state index contributed by atoms with van der Waals surface area (Å²) in [5.41, 5.74) is 7.75. The maximum Gasteiger partial charge on any atom is 0.149 e. The summed E-state index contributed by atoms with van der Waals surface area (Å²) >= 11 is 0. The number of benzene rings is 6. The third-order valence-corrected chi connectivity index (χ3v) is 12.7. The van der Waals surface area contributed by atoms with E-state index in [0.29, 0.717) is 44.8 Å². The molecule has 0 aliphatic heterocycles. The number of para-hydroxylation sites is 1. The van der Waals surface area contributed by atoms with E-state index in [4.69, 9.17) is 22.3 Å². The van der Waals surface area contributed by atoms with Gasteiger partial charge in [-0.25, -0.2) is 4.98 Å². The Morgan fingerprint density at radius 2 is 1.08 bits per heavy atom. The minimum Gasteiger partial charge on any atom is -0.507 e. The van der Waals surface area contributed by atoms with Gasteiger partial charge in [0.2, 0.25) is 0 Å². The maximum atomic E-state index is 12.7. The second-order valence-corrected chi connectivity index (χ2v) is 22.0. The van der Waals surface area contributed by atoms with Crippen LogP contribution in [0.2, 0.25) is 0 Å². The van der Waals surface area contributed by atoms with Gasteiger partial charge in [-0.15, -0.1) is 0 Å². The molecule has 0 amide bonds. The van der Waals surface area contributed by atoms with E-state index in [0.717, 1.165) is 44.6 Å². The Bertz CT molecular complexity index is 3390. The van der Waals surface area contributed by atoms with Crippen molar-refractivity contribution in [2.75, 3.05) is 0 Å². The number of hydrogen-bond acceptors (Lipinski definition) is 3. The first-order valence-electron chi connectivity index (χ1n) is 27.4. The zero-order valence-electron chi connectivity index (χ0n) is 49.6. The summed E-state index contributed by atoms with van der Waals surface area (Å²) < 4.78 is 79.7. The Hall–Kier alpha value is -6.26. The average Bonchev–Trinajstić information content (AvgIpc) is 3.68. The Balaban J connectivity index is 1.48. The van der Waals surface area contributed by atoms with E-state index in [1.165, 1.54) is 17.7 Å². The quantitative estimate of drug-likeness (QED) is 0.181. The smallest absolute Gasteiger partial charge is 0.149 e. The van der Waals surface area contributed by atoms with Crippen LogP contribution in [0.5, 0.6) is 5.75 Å². The second kappa shape index (κ2) is 16.6. The van der Waals surface area contributed by atoms with Crippen molar-refractivity contribution in [3.8, 4) is 67.5 Å². The molecular weight excluding hydrogens is 803 g/mol. The van der Waals surface area contributed by atoms with Crippen LogP contribution in [0.4, 0.5) is 0 Å². The fourth-order valence-electron chi connectivity index (χ4n) is 8.67. The molecule has 0 radical (unpaired) electrons. The number of phenolic OH excluding ortho intramolecular Hbond substituents is 1. The monoisotopic (exact) mass is 881 g/mol.